The number of hydrogen-bond donors (Lipinski definition) is 2. The standard InChI is InChI=1S/C22H18F6N2/c23-21(24,25)19-10-3-1-6-15(19)13-29-17-8-5-9-18(12-17)30-14-16-7-2-4-11-20(16)22(26,27)28/h1-12,29-30H,13-14H2. The van der Waals surface area contributed by atoms with Crippen LogP contribution in [0.1, 0.15) is 22.3 Å². The predicted octanol–water partition coefficient (Wildman–Crippen LogP) is 6.95. The van der Waals surface area contributed by atoms with E-state index in [1.807, 2.05) is 0 Å². The van der Waals surface area contributed by atoms with Crippen LogP contribution in [0.25, 0.3) is 0 Å². The van der Waals surface area contributed by atoms with Crippen molar-refractivity contribution < 1.29 is 26.3 Å². The van der Waals surface area contributed by atoms with E-state index in [0.29, 0.717) is 11.4 Å². The number of nitrogens with one attached hydrogen (secondary N) is 2. The highest BCUT2D eigenvalue weighted by Crippen LogP contribution is 2.33. The highest BCUT2D eigenvalue weighted by atomic mass is 19.4. The third-order valence-electron chi connectivity index (χ3n) is 4.47. The Morgan fingerprint density at radius 3 is 1.33 bits per heavy atom. The fourth-order valence-corrected chi connectivity index (χ4v) is 3.04. The van der Waals surface area contributed by atoms with Crippen LogP contribution in [-0.4, -0.2) is 0 Å². The van der Waals surface area contributed by atoms with Gasteiger partial charge in [-0.2, -0.15) is 26.3 Å². The SMILES string of the molecule is FC(F)(F)c1ccccc1CNc1cccc(NCc2ccccc2C(F)(F)F)c1. The first kappa shape index (κ1) is 21.5. The number of anilines is 2. The van der Waals surface area contributed by atoms with Gasteiger partial charge in [0.25, 0.3) is 0 Å². The van der Waals surface area contributed by atoms with Crippen molar-refractivity contribution in [3.8, 4) is 0 Å². The largest absolute Gasteiger partial charge is 0.416 e. The molecule has 3 rings (SSSR count). The molecular formula is C22H18F6N2. The number of rotatable bonds is 6. The molecule has 0 aliphatic heterocycles. The van der Waals surface area contributed by atoms with Gasteiger partial charge in [0.05, 0.1) is 11.1 Å². The van der Waals surface area contributed by atoms with E-state index >= 15 is 0 Å². The second-order valence-corrected chi connectivity index (χ2v) is 6.60. The summed E-state index contributed by atoms with van der Waals surface area (Å²) in [6.45, 7) is -0.0912. The summed E-state index contributed by atoms with van der Waals surface area (Å²) < 4.78 is 78.6. The molecule has 8 heteroatoms. The Kier molecular flexibility index (Phi) is 6.24. The van der Waals surface area contributed by atoms with Crippen molar-refractivity contribution in [2.75, 3.05) is 10.6 Å². The van der Waals surface area contributed by atoms with E-state index < -0.39 is 23.5 Å². The molecule has 0 atom stereocenters. The summed E-state index contributed by atoms with van der Waals surface area (Å²) in [5.74, 6) is 0. The maximum absolute atomic E-state index is 13.1. The van der Waals surface area contributed by atoms with E-state index in [0.717, 1.165) is 12.1 Å². The summed E-state index contributed by atoms with van der Waals surface area (Å²) >= 11 is 0. The molecule has 0 bridgehead atoms. The zero-order valence-electron chi connectivity index (χ0n) is 15.6. The van der Waals surface area contributed by atoms with E-state index in [-0.39, 0.29) is 24.2 Å². The second-order valence-electron chi connectivity index (χ2n) is 6.60. The molecule has 3 aromatic rings. The lowest BCUT2D eigenvalue weighted by molar-refractivity contribution is -0.139. The lowest BCUT2D eigenvalue weighted by atomic mass is 10.1. The van der Waals surface area contributed by atoms with Crippen molar-refractivity contribution in [2.24, 2.45) is 0 Å². The van der Waals surface area contributed by atoms with Gasteiger partial charge in [-0.1, -0.05) is 42.5 Å². The van der Waals surface area contributed by atoms with Crippen molar-refractivity contribution in [2.45, 2.75) is 25.4 Å². The second kappa shape index (κ2) is 8.69. The summed E-state index contributed by atoms with van der Waals surface area (Å²) in [6.07, 6.45) is -8.90. The van der Waals surface area contributed by atoms with Crippen LogP contribution in [0.4, 0.5) is 37.7 Å². The van der Waals surface area contributed by atoms with Crippen molar-refractivity contribution in [1.29, 1.82) is 0 Å². The summed E-state index contributed by atoms with van der Waals surface area (Å²) in [4.78, 5) is 0. The number of alkyl halides is 6. The molecule has 0 saturated heterocycles. The number of hydrogen-bond acceptors (Lipinski definition) is 2. The van der Waals surface area contributed by atoms with Crippen LogP contribution >= 0.6 is 0 Å². The topological polar surface area (TPSA) is 24.1 Å². The molecule has 3 aromatic carbocycles. The zero-order valence-corrected chi connectivity index (χ0v) is 15.6. The summed E-state index contributed by atoms with van der Waals surface area (Å²) in [6, 6.07) is 17.2. The minimum atomic E-state index is -4.45. The Hall–Kier alpha value is -3.16. The van der Waals surface area contributed by atoms with E-state index in [1.165, 1.54) is 36.4 Å². The molecule has 158 valence electrons. The lowest BCUT2D eigenvalue weighted by Gasteiger charge is -2.15. The number of benzene rings is 3. The minimum absolute atomic E-state index is 0.0456. The maximum Gasteiger partial charge on any atom is 0.416 e. The van der Waals surface area contributed by atoms with E-state index in [9.17, 15) is 26.3 Å². The lowest BCUT2D eigenvalue weighted by Crippen LogP contribution is -2.12. The first-order valence-electron chi connectivity index (χ1n) is 9.02. The van der Waals surface area contributed by atoms with Gasteiger partial charge in [0, 0.05) is 24.5 Å². The summed E-state index contributed by atoms with van der Waals surface area (Å²) in [7, 11) is 0. The van der Waals surface area contributed by atoms with Crippen molar-refractivity contribution >= 4 is 11.4 Å². The van der Waals surface area contributed by atoms with Crippen LogP contribution in [0.5, 0.6) is 0 Å². The predicted molar refractivity (Wildman–Crippen MR) is 104 cm³/mol. The van der Waals surface area contributed by atoms with Gasteiger partial charge in [-0.25, -0.2) is 0 Å². The molecule has 0 fully saturated rings. The Morgan fingerprint density at radius 1 is 0.533 bits per heavy atom. The molecule has 0 aromatic heterocycles. The first-order valence-corrected chi connectivity index (χ1v) is 9.02. The average molecular weight is 424 g/mol. The highest BCUT2D eigenvalue weighted by molar-refractivity contribution is 5.57. The van der Waals surface area contributed by atoms with Gasteiger partial charge in [-0.3, -0.25) is 0 Å². The Morgan fingerprint density at radius 2 is 0.933 bits per heavy atom. The average Bonchev–Trinajstić information content (AvgIpc) is 2.70. The molecule has 0 saturated carbocycles. The normalized spacial score (nSPS) is 11.9. The van der Waals surface area contributed by atoms with Gasteiger partial charge in [-0.05, 0) is 41.5 Å². The van der Waals surface area contributed by atoms with Crippen molar-refractivity contribution in [1.82, 2.24) is 0 Å². The number of halogens is 6. The van der Waals surface area contributed by atoms with E-state index in [1.54, 1.807) is 24.3 Å². The van der Waals surface area contributed by atoms with Crippen LogP contribution in [-0.2, 0) is 25.4 Å². The van der Waals surface area contributed by atoms with Crippen LogP contribution in [0.3, 0.4) is 0 Å². The molecule has 0 heterocycles. The molecule has 0 radical (unpaired) electrons. The molecule has 2 N–H and O–H groups in total. The Balaban J connectivity index is 1.69. The van der Waals surface area contributed by atoms with Crippen LogP contribution in [0.15, 0.2) is 72.8 Å². The van der Waals surface area contributed by atoms with Gasteiger partial charge in [0.1, 0.15) is 0 Å². The molecule has 30 heavy (non-hydrogen) atoms. The maximum atomic E-state index is 13.1. The molecule has 0 aliphatic rings. The molecule has 2 nitrogen and oxygen atoms in total. The molecule has 0 amide bonds. The quantitative estimate of drug-likeness (QED) is 0.419. The highest BCUT2D eigenvalue weighted by Gasteiger charge is 2.33. The van der Waals surface area contributed by atoms with Crippen molar-refractivity contribution in [3.63, 3.8) is 0 Å². The summed E-state index contributed by atoms with van der Waals surface area (Å²) in [5, 5.41) is 5.86. The van der Waals surface area contributed by atoms with E-state index in [4.69, 9.17) is 0 Å². The third-order valence-corrected chi connectivity index (χ3v) is 4.47. The van der Waals surface area contributed by atoms with Crippen LogP contribution in [0, 0.1) is 0 Å². The summed E-state index contributed by atoms with van der Waals surface area (Å²) in [5.41, 5.74) is -0.141. The monoisotopic (exact) mass is 424 g/mol. The zero-order chi connectivity index (χ0) is 21.8. The minimum Gasteiger partial charge on any atom is -0.381 e. The van der Waals surface area contributed by atoms with Gasteiger partial charge in [0.2, 0.25) is 0 Å². The van der Waals surface area contributed by atoms with Crippen molar-refractivity contribution in [3.05, 3.63) is 95.1 Å². The first-order chi connectivity index (χ1) is 14.1. The van der Waals surface area contributed by atoms with Crippen LogP contribution < -0.4 is 10.6 Å². The van der Waals surface area contributed by atoms with Crippen LogP contribution in [0.2, 0.25) is 0 Å². The van der Waals surface area contributed by atoms with Gasteiger partial charge in [-0.15, -0.1) is 0 Å². The third kappa shape index (κ3) is 5.46. The van der Waals surface area contributed by atoms with Gasteiger partial charge < -0.3 is 10.6 Å². The molecule has 0 aliphatic carbocycles. The Bertz CT molecular complexity index is 918. The fraction of sp³-hybridized carbons (Fsp3) is 0.182. The Labute approximate surface area is 169 Å². The molecular weight excluding hydrogens is 406 g/mol. The van der Waals surface area contributed by atoms with Gasteiger partial charge in [0.15, 0.2) is 0 Å². The molecule has 0 spiro atoms. The molecule has 0 unspecified atom stereocenters. The smallest absolute Gasteiger partial charge is 0.381 e. The van der Waals surface area contributed by atoms with E-state index in [2.05, 4.69) is 10.6 Å². The van der Waals surface area contributed by atoms with Gasteiger partial charge >= 0.3 is 12.4 Å². The fourth-order valence-electron chi connectivity index (χ4n) is 3.04.